The summed E-state index contributed by atoms with van der Waals surface area (Å²) >= 11 is 2.15. The molecule has 0 aliphatic carbocycles. The molecule has 8 aromatic carbocycles. The highest BCUT2D eigenvalue weighted by Crippen LogP contribution is 2.30. The number of fused-ring (bicyclic) bond motifs is 8. The summed E-state index contributed by atoms with van der Waals surface area (Å²) in [7, 11) is 6.98. The van der Waals surface area contributed by atoms with Crippen LogP contribution in [0.5, 0.6) is 0 Å². The van der Waals surface area contributed by atoms with Gasteiger partial charge in [-0.1, -0.05) is 144 Å². The van der Waals surface area contributed by atoms with Gasteiger partial charge in [0.15, 0.2) is 0 Å². The van der Waals surface area contributed by atoms with Crippen molar-refractivity contribution >= 4 is 146 Å². The van der Waals surface area contributed by atoms with Gasteiger partial charge in [-0.15, -0.1) is 12.4 Å². The highest BCUT2D eigenvalue weighted by molar-refractivity contribution is 14.1. The Morgan fingerprint density at radius 2 is 0.576 bits per heavy atom. The summed E-state index contributed by atoms with van der Waals surface area (Å²) in [4.78, 5) is 55.9. The van der Waals surface area contributed by atoms with Gasteiger partial charge < -0.3 is 56.1 Å². The highest BCUT2D eigenvalue weighted by Gasteiger charge is 2.20. The summed E-state index contributed by atoms with van der Waals surface area (Å²) < 4.78 is 13.9. The van der Waals surface area contributed by atoms with Gasteiger partial charge in [0.2, 0.25) is 22.1 Å². The Bertz CT molecular complexity index is 4080. The number of pyridine rings is 4. The van der Waals surface area contributed by atoms with Gasteiger partial charge in [-0.3, -0.25) is 19.2 Å². The van der Waals surface area contributed by atoms with Crippen LogP contribution in [0.3, 0.4) is 0 Å². The number of ether oxygens (including phenoxy) is 2. The Hall–Kier alpha value is -7.64. The van der Waals surface area contributed by atoms with E-state index in [9.17, 15) is 19.2 Å². The SMILES string of the molecule is CI.COC(=O)CCc1c2ccccc2[n+](C)c2ccccc12.COC(=O)CCc1c2ccccc2nc2ccccc12.C[n+]1c2ccccc2c(CCC(=O)O)c2ccccc21.Cl.O=C(O)CCc1c2ccccc2nc2ccccc12.[Cl-].[I-]. The first kappa shape index (κ1) is 68.1. The molecule has 0 bridgehead atoms. The van der Waals surface area contributed by atoms with Crippen molar-refractivity contribution < 1.29 is 84.4 Å². The summed E-state index contributed by atoms with van der Waals surface area (Å²) in [5, 5.41) is 26.8. The molecule has 16 heteroatoms. The second kappa shape index (κ2) is 33.2. The van der Waals surface area contributed by atoms with Crippen molar-refractivity contribution in [3.05, 3.63) is 216 Å². The molecule has 4 aromatic heterocycles. The summed E-state index contributed by atoms with van der Waals surface area (Å²) in [5.74, 6) is -1.89. The Labute approximate surface area is 537 Å². The van der Waals surface area contributed by atoms with E-state index in [1.807, 2.05) is 145 Å². The van der Waals surface area contributed by atoms with Gasteiger partial charge in [0.25, 0.3) is 0 Å². The lowest BCUT2D eigenvalue weighted by Gasteiger charge is -2.10. The lowest BCUT2D eigenvalue weighted by atomic mass is 9.98. The van der Waals surface area contributed by atoms with Crippen molar-refractivity contribution in [2.24, 2.45) is 14.1 Å². The van der Waals surface area contributed by atoms with Crippen LogP contribution in [-0.2, 0) is 68.4 Å². The average Bonchev–Trinajstić information content (AvgIpc) is 1.82. The molecule has 0 aliphatic heterocycles. The van der Waals surface area contributed by atoms with Crippen LogP contribution in [0.4, 0.5) is 0 Å². The van der Waals surface area contributed by atoms with Crippen molar-refractivity contribution in [1.82, 2.24) is 9.97 Å². The van der Waals surface area contributed by atoms with Crippen molar-refractivity contribution in [1.29, 1.82) is 0 Å². The lowest BCUT2D eigenvalue weighted by molar-refractivity contribution is -0.617. The Balaban J connectivity index is 0.000000203. The van der Waals surface area contributed by atoms with Crippen LogP contribution in [0.15, 0.2) is 194 Å². The number of esters is 2. The number of carboxylic acid groups (broad SMARTS) is 2. The summed E-state index contributed by atoms with van der Waals surface area (Å²) in [6, 6.07) is 64.8. The fourth-order valence-electron chi connectivity index (χ4n) is 10.7. The normalized spacial score (nSPS) is 10.4. The number of para-hydroxylation sites is 8. The maximum absolute atomic E-state index is 11.5. The molecule has 4 heterocycles. The quantitative estimate of drug-likeness (QED) is 0.0402. The predicted octanol–water partition coefficient (Wildman–Crippen LogP) is 8.14. The molecule has 0 radical (unpaired) electrons. The molecule has 0 fully saturated rings. The first-order valence-electron chi connectivity index (χ1n) is 27.0. The van der Waals surface area contributed by atoms with E-state index in [-0.39, 0.29) is 73.6 Å². The fourth-order valence-corrected chi connectivity index (χ4v) is 10.7. The average molecular weight is 1400 g/mol. The molecule has 0 unspecified atom stereocenters. The molecular formula is C69H66Cl2I2N4O8. The van der Waals surface area contributed by atoms with Crippen molar-refractivity contribution in [2.45, 2.75) is 51.4 Å². The third-order valence-corrected chi connectivity index (χ3v) is 14.6. The number of aryl methyl sites for hydroxylation is 6. The van der Waals surface area contributed by atoms with Crippen molar-refractivity contribution in [3.63, 3.8) is 0 Å². The third kappa shape index (κ3) is 16.4. The van der Waals surface area contributed by atoms with Gasteiger partial charge in [-0.2, -0.15) is 9.13 Å². The second-order valence-electron chi connectivity index (χ2n) is 19.3. The topological polar surface area (TPSA) is 161 Å². The molecule has 12 nitrogen and oxygen atoms in total. The predicted molar refractivity (Wildman–Crippen MR) is 344 cm³/mol. The van der Waals surface area contributed by atoms with E-state index in [0.717, 1.165) is 82.1 Å². The fraction of sp³-hybridized carbons (Fsp3) is 0.188. The molecule has 0 saturated carbocycles. The zero-order chi connectivity index (χ0) is 58.1. The van der Waals surface area contributed by atoms with Gasteiger partial charge in [0.1, 0.15) is 14.1 Å². The van der Waals surface area contributed by atoms with Crippen molar-refractivity contribution in [2.75, 3.05) is 19.2 Å². The van der Waals surface area contributed by atoms with E-state index in [1.54, 1.807) is 0 Å². The smallest absolute Gasteiger partial charge is 0.305 e. The monoisotopic (exact) mass is 1400 g/mol. The summed E-state index contributed by atoms with van der Waals surface area (Å²) in [6.45, 7) is 0. The van der Waals surface area contributed by atoms with E-state index < -0.39 is 11.9 Å². The summed E-state index contributed by atoms with van der Waals surface area (Å²) in [5.41, 5.74) is 13.0. The van der Waals surface area contributed by atoms with Crippen LogP contribution in [0.1, 0.15) is 47.9 Å². The molecule has 2 N–H and O–H groups in total. The minimum atomic E-state index is -0.773. The zero-order valence-electron chi connectivity index (χ0n) is 47.8. The van der Waals surface area contributed by atoms with Crippen LogP contribution >= 0.6 is 35.0 Å². The first-order valence-corrected chi connectivity index (χ1v) is 29.2. The largest absolute Gasteiger partial charge is 1.00 e. The number of hydrogen-bond donors (Lipinski definition) is 2. The number of hydrogen-bond acceptors (Lipinski definition) is 8. The number of methoxy groups -OCH3 is 2. The molecule has 12 aromatic rings. The number of carboxylic acids is 2. The van der Waals surface area contributed by atoms with E-state index in [2.05, 4.69) is 109 Å². The molecule has 85 heavy (non-hydrogen) atoms. The van der Waals surface area contributed by atoms with Crippen LogP contribution in [0.2, 0.25) is 0 Å². The Morgan fingerprint density at radius 3 is 0.812 bits per heavy atom. The van der Waals surface area contributed by atoms with Crippen LogP contribution in [0.25, 0.3) is 87.2 Å². The number of halogens is 4. The maximum atomic E-state index is 11.5. The molecule has 12 rings (SSSR count). The molecule has 0 saturated heterocycles. The summed E-state index contributed by atoms with van der Waals surface area (Å²) in [6.07, 6.45) is 3.51. The highest BCUT2D eigenvalue weighted by atomic mass is 127. The molecule has 0 atom stereocenters. The van der Waals surface area contributed by atoms with Crippen LogP contribution in [0, 0.1) is 0 Å². The number of rotatable bonds is 12. The molecule has 438 valence electrons. The Morgan fingerprint density at radius 1 is 0.376 bits per heavy atom. The maximum Gasteiger partial charge on any atom is 0.305 e. The zero-order valence-corrected chi connectivity index (χ0v) is 53.7. The number of carbonyl (C=O) groups is 4. The van der Waals surface area contributed by atoms with Gasteiger partial charge in [-0.25, -0.2) is 9.97 Å². The third-order valence-electron chi connectivity index (χ3n) is 14.6. The number of aliphatic carboxylic acids is 2. The Kier molecular flexibility index (Phi) is 26.6. The number of alkyl halides is 1. The number of carbonyl (C=O) groups excluding carboxylic acids is 2. The van der Waals surface area contributed by atoms with E-state index in [0.29, 0.717) is 38.5 Å². The van der Waals surface area contributed by atoms with Crippen LogP contribution < -0.4 is 45.5 Å². The van der Waals surface area contributed by atoms with E-state index in [4.69, 9.17) is 19.7 Å². The molecular weight excluding hydrogens is 1340 g/mol. The van der Waals surface area contributed by atoms with Crippen LogP contribution in [-0.4, -0.2) is 63.2 Å². The van der Waals surface area contributed by atoms with Gasteiger partial charge in [-0.05, 0) is 101 Å². The lowest BCUT2D eigenvalue weighted by Crippen LogP contribution is -3.00. The van der Waals surface area contributed by atoms with Gasteiger partial charge in [0.05, 0.1) is 57.8 Å². The van der Waals surface area contributed by atoms with Gasteiger partial charge in [0, 0.05) is 71.5 Å². The minimum Gasteiger partial charge on any atom is -1.00 e. The van der Waals surface area contributed by atoms with E-state index in [1.165, 1.54) is 41.6 Å². The minimum absolute atomic E-state index is 0. The first-order chi connectivity index (χ1) is 39.9. The number of nitrogens with zero attached hydrogens (tertiary/aromatic N) is 4. The number of aromatic nitrogens is 4. The molecule has 0 aliphatic rings. The van der Waals surface area contributed by atoms with Crippen molar-refractivity contribution in [3.8, 4) is 0 Å². The standard InChI is InChI=1S/C18H18NO2.2C17H15NO2.C16H13NO2.CH3I.2ClH.HI/c1-19-16-9-5-3-7-14(16)13(11-12-18(20)21-2)15-8-4-6-10-17(15)19;1-20-17(19)11-10-12-13-6-2-4-8-15(13)18-16-9-5-3-7-14(12)16;1-18-15-8-4-2-6-13(15)12(10-11-17(19)20)14-7-3-5-9-16(14)18;18-16(19)10-9-11-12-5-1-3-7-14(12)17-15-8-4-2-6-13(11)15;1-2;;;/h3-10H,11-12H2,1-2H3;2*2-9H,10-11H2,1H3;1-8H,9-10H2,(H,18,19);1H3;3*1H/q+1;;;;;;;/p-1. The van der Waals surface area contributed by atoms with Gasteiger partial charge >= 0.3 is 23.9 Å². The molecule has 0 spiro atoms. The number of benzene rings is 8. The second-order valence-corrected chi connectivity index (χ2v) is 19.3. The van der Waals surface area contributed by atoms with E-state index >= 15 is 0 Å². The molecule has 0 amide bonds.